The highest BCUT2D eigenvalue weighted by molar-refractivity contribution is 5.92. The number of rotatable bonds is 4. The molecule has 2 nitrogen and oxygen atoms in total. The molecule has 1 unspecified atom stereocenters. The lowest BCUT2D eigenvalue weighted by atomic mass is 9.99. The molecule has 2 aromatic carbocycles. The fourth-order valence-electron chi connectivity index (χ4n) is 2.06. The van der Waals surface area contributed by atoms with Crippen molar-refractivity contribution in [3.05, 3.63) is 65.2 Å². The number of hydrogen-bond acceptors (Lipinski definition) is 2. The van der Waals surface area contributed by atoms with Crippen LogP contribution in [0.25, 0.3) is 0 Å². The quantitative estimate of drug-likeness (QED) is 0.592. The van der Waals surface area contributed by atoms with Gasteiger partial charge in [0.2, 0.25) is 0 Å². The van der Waals surface area contributed by atoms with Crippen molar-refractivity contribution in [1.82, 2.24) is 0 Å². The van der Waals surface area contributed by atoms with Crippen molar-refractivity contribution >= 4 is 5.97 Å². The van der Waals surface area contributed by atoms with Gasteiger partial charge in [-0.25, -0.2) is 4.79 Å². The van der Waals surface area contributed by atoms with Crippen LogP contribution in [0.4, 0.5) is 0 Å². The molecule has 0 aromatic heterocycles. The van der Waals surface area contributed by atoms with Gasteiger partial charge in [0, 0.05) is 0 Å². The summed E-state index contributed by atoms with van der Waals surface area (Å²) in [5.74, 6) is 0.806. The van der Waals surface area contributed by atoms with E-state index in [1.165, 1.54) is 5.56 Å². The van der Waals surface area contributed by atoms with Gasteiger partial charge in [-0.2, -0.15) is 0 Å². The Hall–Kier alpha value is -2.09. The largest absolute Gasteiger partial charge is 0.423 e. The molecule has 0 aliphatic carbocycles. The van der Waals surface area contributed by atoms with Gasteiger partial charge in [0.25, 0.3) is 0 Å². The van der Waals surface area contributed by atoms with Crippen molar-refractivity contribution in [2.75, 3.05) is 0 Å². The lowest BCUT2D eigenvalue weighted by Gasteiger charge is -2.10. The van der Waals surface area contributed by atoms with Crippen LogP contribution in [0.1, 0.15) is 47.7 Å². The van der Waals surface area contributed by atoms with Gasteiger partial charge in [-0.3, -0.25) is 0 Å². The molecular formula is C18H20O2. The normalized spacial score (nSPS) is 11.9. The van der Waals surface area contributed by atoms with Crippen LogP contribution in [-0.2, 0) is 0 Å². The molecule has 0 heterocycles. The summed E-state index contributed by atoms with van der Waals surface area (Å²) < 4.78 is 5.41. The molecule has 0 N–H and O–H groups in total. The zero-order valence-corrected chi connectivity index (χ0v) is 12.2. The second-order valence-electron chi connectivity index (χ2n) is 5.08. The second-order valence-corrected chi connectivity index (χ2v) is 5.08. The fourth-order valence-corrected chi connectivity index (χ4v) is 2.06. The van der Waals surface area contributed by atoms with Crippen molar-refractivity contribution in [2.24, 2.45) is 0 Å². The Kier molecular flexibility index (Phi) is 4.57. The minimum absolute atomic E-state index is 0.306. The molecule has 0 amide bonds. The van der Waals surface area contributed by atoms with E-state index in [1.54, 1.807) is 6.07 Å². The van der Waals surface area contributed by atoms with Crippen LogP contribution in [0.5, 0.6) is 5.75 Å². The van der Waals surface area contributed by atoms with Crippen molar-refractivity contribution in [2.45, 2.75) is 33.1 Å². The van der Waals surface area contributed by atoms with Gasteiger partial charge in [-0.1, -0.05) is 44.2 Å². The minimum Gasteiger partial charge on any atom is -0.423 e. The number of esters is 1. The number of carbonyl (C=O) groups excluding carboxylic acids is 1. The van der Waals surface area contributed by atoms with E-state index >= 15 is 0 Å². The molecule has 1 atom stereocenters. The van der Waals surface area contributed by atoms with Gasteiger partial charge >= 0.3 is 5.97 Å². The van der Waals surface area contributed by atoms with Crippen LogP contribution in [0.2, 0.25) is 0 Å². The predicted octanol–water partition coefficient (Wildman–Crippen LogP) is 4.73. The number of hydrogen-bond donors (Lipinski definition) is 0. The van der Waals surface area contributed by atoms with Crippen molar-refractivity contribution < 1.29 is 9.53 Å². The Labute approximate surface area is 120 Å². The van der Waals surface area contributed by atoms with Crippen LogP contribution in [-0.4, -0.2) is 5.97 Å². The summed E-state index contributed by atoms with van der Waals surface area (Å²) in [6, 6.07) is 15.2. The Morgan fingerprint density at radius 3 is 2.35 bits per heavy atom. The van der Waals surface area contributed by atoms with Crippen LogP contribution in [0.15, 0.2) is 48.5 Å². The second kappa shape index (κ2) is 6.38. The first-order valence-corrected chi connectivity index (χ1v) is 6.99. The highest BCUT2D eigenvalue weighted by atomic mass is 16.5. The Morgan fingerprint density at radius 2 is 1.75 bits per heavy atom. The van der Waals surface area contributed by atoms with Crippen LogP contribution in [0.3, 0.4) is 0 Å². The number of aryl methyl sites for hydroxylation is 1. The van der Waals surface area contributed by atoms with E-state index in [2.05, 4.69) is 13.8 Å². The molecule has 2 heteroatoms. The predicted molar refractivity (Wildman–Crippen MR) is 81.3 cm³/mol. The van der Waals surface area contributed by atoms with Gasteiger partial charge in [-0.05, 0) is 48.6 Å². The molecule has 2 aromatic rings. The zero-order chi connectivity index (χ0) is 14.5. The fraction of sp³-hybridized carbons (Fsp3) is 0.278. The van der Waals surface area contributed by atoms with Crippen LogP contribution in [0, 0.1) is 6.92 Å². The first-order chi connectivity index (χ1) is 9.61. The molecule has 0 aliphatic rings. The molecule has 0 aliphatic heterocycles. The van der Waals surface area contributed by atoms with E-state index in [9.17, 15) is 4.79 Å². The SMILES string of the molecule is CCC(C)c1ccc(OC(=O)c2ccccc2C)cc1. The highest BCUT2D eigenvalue weighted by Gasteiger charge is 2.11. The van der Waals surface area contributed by atoms with E-state index in [0.717, 1.165) is 12.0 Å². The van der Waals surface area contributed by atoms with E-state index < -0.39 is 0 Å². The summed E-state index contributed by atoms with van der Waals surface area (Å²) >= 11 is 0. The van der Waals surface area contributed by atoms with Crippen molar-refractivity contribution in [1.29, 1.82) is 0 Å². The number of ether oxygens (including phenoxy) is 1. The molecule has 0 fully saturated rings. The molecule has 0 saturated carbocycles. The monoisotopic (exact) mass is 268 g/mol. The van der Waals surface area contributed by atoms with E-state index in [1.807, 2.05) is 49.4 Å². The van der Waals surface area contributed by atoms with E-state index in [0.29, 0.717) is 17.2 Å². The molecule has 0 spiro atoms. The van der Waals surface area contributed by atoms with Gasteiger partial charge < -0.3 is 4.74 Å². The third kappa shape index (κ3) is 3.27. The molecule has 20 heavy (non-hydrogen) atoms. The molecular weight excluding hydrogens is 248 g/mol. The Bertz CT molecular complexity index is 585. The number of benzene rings is 2. The molecule has 2 rings (SSSR count). The first-order valence-electron chi connectivity index (χ1n) is 6.99. The maximum Gasteiger partial charge on any atom is 0.343 e. The third-order valence-electron chi connectivity index (χ3n) is 3.64. The molecule has 0 radical (unpaired) electrons. The smallest absolute Gasteiger partial charge is 0.343 e. The average Bonchev–Trinajstić information content (AvgIpc) is 2.47. The zero-order valence-electron chi connectivity index (χ0n) is 12.2. The topological polar surface area (TPSA) is 26.3 Å². The van der Waals surface area contributed by atoms with Gasteiger partial charge in [0.05, 0.1) is 5.56 Å². The summed E-state index contributed by atoms with van der Waals surface area (Å²) in [6.07, 6.45) is 1.10. The molecule has 0 saturated heterocycles. The molecule has 0 bridgehead atoms. The van der Waals surface area contributed by atoms with Crippen LogP contribution < -0.4 is 4.74 Å². The van der Waals surface area contributed by atoms with Gasteiger partial charge in [0.15, 0.2) is 0 Å². The first kappa shape index (κ1) is 14.3. The summed E-state index contributed by atoms with van der Waals surface area (Å²) in [5.41, 5.74) is 2.80. The number of carbonyl (C=O) groups is 1. The van der Waals surface area contributed by atoms with Crippen molar-refractivity contribution in [3.8, 4) is 5.75 Å². The minimum atomic E-state index is -0.306. The Morgan fingerprint density at radius 1 is 1.10 bits per heavy atom. The maximum atomic E-state index is 12.1. The summed E-state index contributed by atoms with van der Waals surface area (Å²) in [4.78, 5) is 12.1. The van der Waals surface area contributed by atoms with E-state index in [4.69, 9.17) is 4.74 Å². The standard InChI is InChI=1S/C18H20O2/c1-4-13(2)15-9-11-16(12-10-15)20-18(19)17-8-6-5-7-14(17)3/h5-13H,4H2,1-3H3. The van der Waals surface area contributed by atoms with Gasteiger partial charge in [-0.15, -0.1) is 0 Å². The van der Waals surface area contributed by atoms with E-state index in [-0.39, 0.29) is 5.97 Å². The van der Waals surface area contributed by atoms with Crippen LogP contribution >= 0.6 is 0 Å². The maximum absolute atomic E-state index is 12.1. The average molecular weight is 268 g/mol. The lowest BCUT2D eigenvalue weighted by molar-refractivity contribution is 0.0734. The summed E-state index contributed by atoms with van der Waals surface area (Å²) in [5, 5.41) is 0. The van der Waals surface area contributed by atoms with Gasteiger partial charge in [0.1, 0.15) is 5.75 Å². The highest BCUT2D eigenvalue weighted by Crippen LogP contribution is 2.22. The molecule has 104 valence electrons. The summed E-state index contributed by atoms with van der Waals surface area (Å²) in [6.45, 7) is 6.26. The van der Waals surface area contributed by atoms with Crippen molar-refractivity contribution in [3.63, 3.8) is 0 Å². The Balaban J connectivity index is 2.11. The lowest BCUT2D eigenvalue weighted by Crippen LogP contribution is -2.10. The third-order valence-corrected chi connectivity index (χ3v) is 3.64. The summed E-state index contributed by atoms with van der Waals surface area (Å²) in [7, 11) is 0.